The lowest BCUT2D eigenvalue weighted by Crippen LogP contribution is -2.42. The first-order valence-corrected chi connectivity index (χ1v) is 12.7. The average Bonchev–Trinajstić information content (AvgIpc) is 3.39. The topological polar surface area (TPSA) is 84.7 Å². The van der Waals surface area contributed by atoms with E-state index in [1.54, 1.807) is 19.2 Å². The minimum atomic E-state index is -0.130. The van der Waals surface area contributed by atoms with Crippen molar-refractivity contribution in [2.45, 2.75) is 26.3 Å². The minimum absolute atomic E-state index is 0.0158. The number of piperidine rings is 1. The van der Waals surface area contributed by atoms with Gasteiger partial charge in [-0.2, -0.15) is 0 Å². The van der Waals surface area contributed by atoms with Crippen LogP contribution < -0.4 is 10.1 Å². The summed E-state index contributed by atoms with van der Waals surface area (Å²) in [5.74, 6) is 1.42. The highest BCUT2D eigenvalue weighted by atomic mass is 16.5. The Bertz CT molecular complexity index is 1390. The number of likely N-dealkylation sites (tertiary alicyclic amines) is 1. The van der Waals surface area contributed by atoms with Gasteiger partial charge in [0.05, 0.1) is 7.11 Å². The van der Waals surface area contributed by atoms with Gasteiger partial charge in [-0.25, -0.2) is 4.98 Å². The molecule has 190 valence electrons. The van der Waals surface area contributed by atoms with Crippen LogP contribution in [0.25, 0.3) is 22.6 Å². The van der Waals surface area contributed by atoms with Gasteiger partial charge in [0, 0.05) is 42.2 Å². The Labute approximate surface area is 216 Å². The maximum Gasteiger partial charge on any atom is 0.253 e. The SMILES string of the molecule is COc1ccccc1CNC(=O)[C@H](C)C1CCN(C(=O)c2ccc3oc(-c4ccccc4)nc3c2)CC1. The minimum Gasteiger partial charge on any atom is -0.496 e. The molecule has 1 saturated heterocycles. The molecule has 1 atom stereocenters. The van der Waals surface area contributed by atoms with Gasteiger partial charge in [0.15, 0.2) is 5.58 Å². The van der Waals surface area contributed by atoms with Crippen molar-refractivity contribution in [1.29, 1.82) is 0 Å². The lowest BCUT2D eigenvalue weighted by atomic mass is 9.84. The molecule has 0 saturated carbocycles. The molecule has 7 nitrogen and oxygen atoms in total. The van der Waals surface area contributed by atoms with Gasteiger partial charge in [0.1, 0.15) is 11.3 Å². The molecule has 7 heteroatoms. The van der Waals surface area contributed by atoms with Crippen LogP contribution in [0.4, 0.5) is 0 Å². The number of amides is 2. The predicted molar refractivity (Wildman–Crippen MR) is 142 cm³/mol. The molecular formula is C30H31N3O4. The Morgan fingerprint density at radius 1 is 1.05 bits per heavy atom. The highest BCUT2D eigenvalue weighted by molar-refractivity contribution is 5.97. The van der Waals surface area contributed by atoms with Crippen LogP contribution in [0, 0.1) is 11.8 Å². The summed E-state index contributed by atoms with van der Waals surface area (Å²) in [4.78, 5) is 32.5. The predicted octanol–water partition coefficient (Wildman–Crippen LogP) is 5.31. The molecule has 0 bridgehead atoms. The molecule has 2 heterocycles. The van der Waals surface area contributed by atoms with Crippen LogP contribution >= 0.6 is 0 Å². The number of carbonyl (C=O) groups excluding carboxylic acids is 2. The highest BCUT2D eigenvalue weighted by Gasteiger charge is 2.30. The molecule has 1 aromatic heterocycles. The van der Waals surface area contributed by atoms with E-state index in [0.29, 0.717) is 42.2 Å². The zero-order valence-electron chi connectivity index (χ0n) is 21.1. The molecule has 3 aromatic carbocycles. The largest absolute Gasteiger partial charge is 0.496 e. The fraction of sp³-hybridized carbons (Fsp3) is 0.300. The Kier molecular flexibility index (Phi) is 7.21. The number of fused-ring (bicyclic) bond motifs is 1. The summed E-state index contributed by atoms with van der Waals surface area (Å²) in [6.45, 7) is 3.66. The zero-order chi connectivity index (χ0) is 25.8. The third-order valence-corrected chi connectivity index (χ3v) is 7.25. The number of nitrogens with one attached hydrogen (secondary N) is 1. The fourth-order valence-electron chi connectivity index (χ4n) is 4.96. The molecular weight excluding hydrogens is 466 g/mol. The number of hydrogen-bond acceptors (Lipinski definition) is 5. The summed E-state index contributed by atoms with van der Waals surface area (Å²) < 4.78 is 11.2. The summed E-state index contributed by atoms with van der Waals surface area (Å²) in [5.41, 5.74) is 3.77. The molecule has 0 spiro atoms. The van der Waals surface area contributed by atoms with Crippen LogP contribution in [-0.2, 0) is 11.3 Å². The first-order chi connectivity index (χ1) is 18.0. The number of oxazole rings is 1. The van der Waals surface area contributed by atoms with Crippen LogP contribution in [0.3, 0.4) is 0 Å². The van der Waals surface area contributed by atoms with Gasteiger partial charge in [-0.15, -0.1) is 0 Å². The number of para-hydroxylation sites is 1. The maximum absolute atomic E-state index is 13.2. The van der Waals surface area contributed by atoms with Crippen LogP contribution in [0.5, 0.6) is 5.75 Å². The second-order valence-corrected chi connectivity index (χ2v) is 9.52. The normalized spacial score (nSPS) is 14.9. The molecule has 0 radical (unpaired) electrons. The molecule has 2 amide bonds. The molecule has 1 aliphatic heterocycles. The molecule has 5 rings (SSSR count). The molecule has 1 aliphatic rings. The van der Waals surface area contributed by atoms with Gasteiger partial charge in [-0.3, -0.25) is 9.59 Å². The van der Waals surface area contributed by atoms with E-state index in [9.17, 15) is 9.59 Å². The number of benzene rings is 3. The number of rotatable bonds is 7. The van der Waals surface area contributed by atoms with Crippen LogP contribution in [-0.4, -0.2) is 41.9 Å². The maximum atomic E-state index is 13.2. The lowest BCUT2D eigenvalue weighted by Gasteiger charge is -2.34. The molecule has 4 aromatic rings. The van der Waals surface area contributed by atoms with Gasteiger partial charge in [0.25, 0.3) is 5.91 Å². The van der Waals surface area contributed by atoms with E-state index in [4.69, 9.17) is 9.15 Å². The van der Waals surface area contributed by atoms with E-state index in [1.807, 2.05) is 72.5 Å². The Hall–Kier alpha value is -4.13. The van der Waals surface area contributed by atoms with Crippen LogP contribution in [0.15, 0.2) is 77.2 Å². The van der Waals surface area contributed by atoms with Crippen molar-refractivity contribution in [1.82, 2.24) is 15.2 Å². The first kappa shape index (κ1) is 24.6. The van der Waals surface area contributed by atoms with Gasteiger partial charge in [-0.05, 0) is 55.2 Å². The van der Waals surface area contributed by atoms with Crippen molar-refractivity contribution >= 4 is 22.9 Å². The van der Waals surface area contributed by atoms with E-state index in [-0.39, 0.29) is 23.7 Å². The fourth-order valence-corrected chi connectivity index (χ4v) is 4.96. The van der Waals surface area contributed by atoms with Gasteiger partial charge >= 0.3 is 0 Å². The average molecular weight is 498 g/mol. The third-order valence-electron chi connectivity index (χ3n) is 7.25. The van der Waals surface area contributed by atoms with Crippen molar-refractivity contribution in [3.8, 4) is 17.2 Å². The van der Waals surface area contributed by atoms with E-state index in [0.717, 1.165) is 29.7 Å². The second-order valence-electron chi connectivity index (χ2n) is 9.52. The van der Waals surface area contributed by atoms with E-state index in [1.165, 1.54) is 0 Å². The molecule has 1 N–H and O–H groups in total. The van der Waals surface area contributed by atoms with Crippen molar-refractivity contribution in [3.63, 3.8) is 0 Å². The van der Waals surface area contributed by atoms with E-state index >= 15 is 0 Å². The Morgan fingerprint density at radius 3 is 2.54 bits per heavy atom. The lowest BCUT2D eigenvalue weighted by molar-refractivity contribution is -0.126. The molecule has 0 aliphatic carbocycles. The van der Waals surface area contributed by atoms with Crippen LogP contribution in [0.2, 0.25) is 0 Å². The van der Waals surface area contributed by atoms with Crippen molar-refractivity contribution in [2.24, 2.45) is 11.8 Å². The monoisotopic (exact) mass is 497 g/mol. The van der Waals surface area contributed by atoms with Gasteiger partial charge < -0.3 is 19.4 Å². The summed E-state index contributed by atoms with van der Waals surface area (Å²) in [7, 11) is 1.63. The number of nitrogens with zero attached hydrogens (tertiary/aromatic N) is 2. The van der Waals surface area contributed by atoms with Gasteiger partial charge in [-0.1, -0.05) is 43.3 Å². The Morgan fingerprint density at radius 2 is 1.78 bits per heavy atom. The van der Waals surface area contributed by atoms with Crippen molar-refractivity contribution in [2.75, 3.05) is 20.2 Å². The molecule has 37 heavy (non-hydrogen) atoms. The quantitative estimate of drug-likeness (QED) is 0.374. The summed E-state index contributed by atoms with van der Waals surface area (Å²) >= 11 is 0. The molecule has 1 fully saturated rings. The third kappa shape index (κ3) is 5.35. The van der Waals surface area contributed by atoms with E-state index < -0.39 is 0 Å². The van der Waals surface area contributed by atoms with Gasteiger partial charge in [0.2, 0.25) is 11.8 Å². The van der Waals surface area contributed by atoms with E-state index in [2.05, 4.69) is 10.3 Å². The van der Waals surface area contributed by atoms with Crippen molar-refractivity contribution < 1.29 is 18.7 Å². The number of methoxy groups -OCH3 is 1. The number of ether oxygens (including phenoxy) is 1. The number of hydrogen-bond donors (Lipinski definition) is 1. The Balaban J connectivity index is 1.17. The second kappa shape index (κ2) is 10.9. The zero-order valence-corrected chi connectivity index (χ0v) is 21.1. The standard InChI is InChI=1S/C30H31N3O4/c1-20(28(34)31-19-24-10-6-7-11-26(24)36-2)21-14-16-33(17-15-21)30(35)23-12-13-27-25(18-23)32-29(37-27)22-8-4-3-5-9-22/h3-13,18,20-21H,14-17,19H2,1-2H3,(H,31,34)/t20-/m1/s1. The highest BCUT2D eigenvalue weighted by Crippen LogP contribution is 2.28. The number of carbonyl (C=O) groups is 2. The smallest absolute Gasteiger partial charge is 0.253 e. The molecule has 0 unspecified atom stereocenters. The number of aromatic nitrogens is 1. The summed E-state index contributed by atoms with van der Waals surface area (Å²) in [6, 6.07) is 22.8. The first-order valence-electron chi connectivity index (χ1n) is 12.7. The summed E-state index contributed by atoms with van der Waals surface area (Å²) in [6.07, 6.45) is 1.58. The van der Waals surface area contributed by atoms with Crippen molar-refractivity contribution in [3.05, 3.63) is 83.9 Å². The summed E-state index contributed by atoms with van der Waals surface area (Å²) in [5, 5.41) is 3.05. The van der Waals surface area contributed by atoms with Crippen LogP contribution in [0.1, 0.15) is 35.7 Å².